The van der Waals surface area contributed by atoms with E-state index in [4.69, 9.17) is 0 Å². The molecule has 0 aliphatic heterocycles. The maximum atomic E-state index is 12.8. The summed E-state index contributed by atoms with van der Waals surface area (Å²) in [5, 5.41) is 6.50. The van der Waals surface area contributed by atoms with Crippen molar-refractivity contribution in [3.8, 4) is 0 Å². The third-order valence-corrected chi connectivity index (χ3v) is 3.28. The van der Waals surface area contributed by atoms with Gasteiger partial charge in [-0.25, -0.2) is 9.37 Å². The number of anilines is 2. The van der Waals surface area contributed by atoms with Crippen LogP contribution in [0.1, 0.15) is 25.8 Å². The molecule has 0 aliphatic carbocycles. The average Bonchev–Trinajstić information content (AvgIpc) is 2.49. The lowest BCUT2D eigenvalue weighted by molar-refractivity contribution is 0.627. The first kappa shape index (κ1) is 15.2. The van der Waals surface area contributed by atoms with E-state index in [9.17, 15) is 4.39 Å². The molecule has 1 heterocycles. The Morgan fingerprint density at radius 3 is 2.67 bits per heavy atom. The van der Waals surface area contributed by atoms with Crippen molar-refractivity contribution in [2.75, 3.05) is 17.2 Å². The predicted octanol–water partition coefficient (Wildman–Crippen LogP) is 3.48. The first-order valence-corrected chi connectivity index (χ1v) is 7.25. The van der Waals surface area contributed by atoms with Gasteiger partial charge in [0.25, 0.3) is 0 Å². The van der Waals surface area contributed by atoms with Gasteiger partial charge in [-0.1, -0.05) is 19.1 Å². The molecule has 2 N–H and O–H groups in total. The zero-order valence-electron chi connectivity index (χ0n) is 12.4. The van der Waals surface area contributed by atoms with Crippen molar-refractivity contribution >= 4 is 11.8 Å². The van der Waals surface area contributed by atoms with Crippen LogP contribution in [0.25, 0.3) is 0 Å². The van der Waals surface area contributed by atoms with Crippen molar-refractivity contribution in [3.05, 3.63) is 47.9 Å². The minimum Gasteiger partial charge on any atom is -0.370 e. The number of hydrogen-bond acceptors (Lipinski definition) is 4. The standard InChI is InChI=1S/C16H21FN4/c1-3-12(2)20-16-19-11-9-15(21-16)18-10-8-13-4-6-14(17)7-5-13/h4-7,9,11-12H,3,8,10H2,1-2H3,(H2,18,19,20,21). The van der Waals surface area contributed by atoms with Crippen LogP contribution in [0.5, 0.6) is 0 Å². The minimum absolute atomic E-state index is 0.205. The van der Waals surface area contributed by atoms with E-state index in [2.05, 4.69) is 34.4 Å². The van der Waals surface area contributed by atoms with Gasteiger partial charge in [-0.3, -0.25) is 0 Å². The Balaban J connectivity index is 1.85. The summed E-state index contributed by atoms with van der Waals surface area (Å²) in [4.78, 5) is 8.61. The van der Waals surface area contributed by atoms with Crippen LogP contribution in [0.2, 0.25) is 0 Å². The summed E-state index contributed by atoms with van der Waals surface area (Å²) in [5.74, 6) is 1.22. The van der Waals surface area contributed by atoms with Crippen molar-refractivity contribution in [3.63, 3.8) is 0 Å². The van der Waals surface area contributed by atoms with Crippen molar-refractivity contribution < 1.29 is 4.39 Å². The summed E-state index contributed by atoms with van der Waals surface area (Å²) >= 11 is 0. The third kappa shape index (κ3) is 5.02. The molecular weight excluding hydrogens is 267 g/mol. The van der Waals surface area contributed by atoms with E-state index in [-0.39, 0.29) is 5.82 Å². The van der Waals surface area contributed by atoms with Crippen molar-refractivity contribution in [2.45, 2.75) is 32.7 Å². The first-order chi connectivity index (χ1) is 10.2. The molecule has 0 bridgehead atoms. The Bertz CT molecular complexity index is 556. The molecule has 1 unspecified atom stereocenters. The Labute approximate surface area is 124 Å². The predicted molar refractivity (Wildman–Crippen MR) is 84.0 cm³/mol. The molecule has 112 valence electrons. The quantitative estimate of drug-likeness (QED) is 0.819. The maximum Gasteiger partial charge on any atom is 0.224 e. The van der Waals surface area contributed by atoms with E-state index >= 15 is 0 Å². The van der Waals surface area contributed by atoms with Crippen LogP contribution < -0.4 is 10.6 Å². The summed E-state index contributed by atoms with van der Waals surface area (Å²) in [7, 11) is 0. The summed E-state index contributed by atoms with van der Waals surface area (Å²) in [6.07, 6.45) is 3.57. The fourth-order valence-electron chi connectivity index (χ4n) is 1.84. The molecule has 2 rings (SSSR count). The number of hydrogen-bond donors (Lipinski definition) is 2. The van der Waals surface area contributed by atoms with Crippen LogP contribution in [0, 0.1) is 5.82 Å². The Hall–Kier alpha value is -2.17. The topological polar surface area (TPSA) is 49.8 Å². The second-order valence-electron chi connectivity index (χ2n) is 5.02. The van der Waals surface area contributed by atoms with E-state index in [1.165, 1.54) is 12.1 Å². The van der Waals surface area contributed by atoms with Gasteiger partial charge in [0, 0.05) is 18.8 Å². The van der Waals surface area contributed by atoms with E-state index in [0.717, 1.165) is 30.8 Å². The van der Waals surface area contributed by atoms with Gasteiger partial charge >= 0.3 is 0 Å². The Morgan fingerprint density at radius 1 is 1.19 bits per heavy atom. The number of nitrogens with one attached hydrogen (secondary N) is 2. The third-order valence-electron chi connectivity index (χ3n) is 3.28. The van der Waals surface area contributed by atoms with Gasteiger partial charge < -0.3 is 10.6 Å². The highest BCUT2D eigenvalue weighted by Gasteiger charge is 2.02. The Morgan fingerprint density at radius 2 is 1.95 bits per heavy atom. The molecule has 2 aromatic rings. The van der Waals surface area contributed by atoms with Gasteiger partial charge in [-0.05, 0) is 43.5 Å². The first-order valence-electron chi connectivity index (χ1n) is 7.25. The molecule has 0 amide bonds. The molecule has 1 aromatic heterocycles. The molecule has 4 nitrogen and oxygen atoms in total. The molecule has 0 saturated heterocycles. The number of nitrogens with zero attached hydrogens (tertiary/aromatic N) is 2. The van der Waals surface area contributed by atoms with Gasteiger partial charge in [0.05, 0.1) is 0 Å². The van der Waals surface area contributed by atoms with Gasteiger partial charge in [-0.15, -0.1) is 0 Å². The number of halogens is 1. The lowest BCUT2D eigenvalue weighted by Gasteiger charge is -2.12. The van der Waals surface area contributed by atoms with Crippen LogP contribution in [-0.4, -0.2) is 22.6 Å². The lowest BCUT2D eigenvalue weighted by Crippen LogP contribution is -2.16. The SMILES string of the molecule is CCC(C)Nc1nccc(NCCc2ccc(F)cc2)n1. The fourth-order valence-corrected chi connectivity index (χ4v) is 1.84. The monoisotopic (exact) mass is 288 g/mol. The van der Waals surface area contributed by atoms with Gasteiger partial charge in [0.15, 0.2) is 0 Å². The van der Waals surface area contributed by atoms with Crippen LogP contribution in [0.15, 0.2) is 36.5 Å². The van der Waals surface area contributed by atoms with Crippen LogP contribution in [0.3, 0.4) is 0 Å². The highest BCUT2D eigenvalue weighted by molar-refractivity contribution is 5.40. The number of aromatic nitrogens is 2. The maximum absolute atomic E-state index is 12.8. The number of benzene rings is 1. The fraction of sp³-hybridized carbons (Fsp3) is 0.375. The molecule has 0 spiro atoms. The second kappa shape index (κ2) is 7.57. The van der Waals surface area contributed by atoms with Crippen molar-refractivity contribution in [1.29, 1.82) is 0 Å². The molecule has 5 heteroatoms. The largest absolute Gasteiger partial charge is 0.370 e. The van der Waals surface area contributed by atoms with E-state index < -0.39 is 0 Å². The smallest absolute Gasteiger partial charge is 0.224 e. The molecular formula is C16H21FN4. The van der Waals surface area contributed by atoms with E-state index in [0.29, 0.717) is 12.0 Å². The van der Waals surface area contributed by atoms with Crippen LogP contribution in [-0.2, 0) is 6.42 Å². The lowest BCUT2D eigenvalue weighted by atomic mass is 10.1. The zero-order chi connectivity index (χ0) is 15.1. The van der Waals surface area contributed by atoms with Gasteiger partial charge in [0.2, 0.25) is 5.95 Å². The zero-order valence-corrected chi connectivity index (χ0v) is 12.4. The Kier molecular flexibility index (Phi) is 5.49. The van der Waals surface area contributed by atoms with E-state index in [1.807, 2.05) is 6.07 Å². The molecule has 0 aliphatic rings. The molecule has 0 radical (unpaired) electrons. The summed E-state index contributed by atoms with van der Waals surface area (Å²) in [5.41, 5.74) is 1.09. The summed E-state index contributed by atoms with van der Waals surface area (Å²) in [6, 6.07) is 8.74. The van der Waals surface area contributed by atoms with Gasteiger partial charge in [-0.2, -0.15) is 4.98 Å². The normalized spacial score (nSPS) is 12.0. The van der Waals surface area contributed by atoms with E-state index in [1.54, 1.807) is 18.3 Å². The minimum atomic E-state index is -0.205. The summed E-state index contributed by atoms with van der Waals surface area (Å²) in [6.45, 7) is 4.95. The molecule has 1 atom stereocenters. The number of rotatable bonds is 7. The molecule has 0 saturated carbocycles. The molecule has 1 aromatic carbocycles. The van der Waals surface area contributed by atoms with Crippen LogP contribution >= 0.6 is 0 Å². The highest BCUT2D eigenvalue weighted by Crippen LogP contribution is 2.09. The highest BCUT2D eigenvalue weighted by atomic mass is 19.1. The van der Waals surface area contributed by atoms with Crippen LogP contribution in [0.4, 0.5) is 16.2 Å². The summed E-state index contributed by atoms with van der Waals surface area (Å²) < 4.78 is 12.8. The second-order valence-corrected chi connectivity index (χ2v) is 5.02. The van der Waals surface area contributed by atoms with Crippen molar-refractivity contribution in [1.82, 2.24) is 9.97 Å². The van der Waals surface area contributed by atoms with Crippen molar-refractivity contribution in [2.24, 2.45) is 0 Å². The molecule has 21 heavy (non-hydrogen) atoms. The van der Waals surface area contributed by atoms with Gasteiger partial charge in [0.1, 0.15) is 11.6 Å². The molecule has 0 fully saturated rings. The average molecular weight is 288 g/mol.